The fourth-order valence-corrected chi connectivity index (χ4v) is 1.99. The van der Waals surface area contributed by atoms with E-state index in [2.05, 4.69) is 5.16 Å². The van der Waals surface area contributed by atoms with Gasteiger partial charge in [-0.3, -0.25) is 0 Å². The third kappa shape index (κ3) is 1.70. The Labute approximate surface area is 95.7 Å². The lowest BCUT2D eigenvalue weighted by molar-refractivity contribution is 0.447. The van der Waals surface area contributed by atoms with Crippen molar-refractivity contribution in [2.75, 3.05) is 5.88 Å². The van der Waals surface area contributed by atoms with E-state index in [9.17, 15) is 0 Å². The van der Waals surface area contributed by atoms with E-state index in [1.807, 2.05) is 0 Å². The van der Waals surface area contributed by atoms with E-state index in [1.165, 1.54) is 0 Å². The first-order valence-corrected chi connectivity index (χ1v) is 5.30. The van der Waals surface area contributed by atoms with Gasteiger partial charge in [-0.2, -0.15) is 0 Å². The van der Waals surface area contributed by atoms with Crippen molar-refractivity contribution in [2.45, 2.75) is 6.42 Å². The summed E-state index contributed by atoms with van der Waals surface area (Å²) < 4.78 is 5.09. The molecule has 0 N–H and O–H groups in total. The van der Waals surface area contributed by atoms with Crippen molar-refractivity contribution < 1.29 is 4.52 Å². The SMILES string of the molecule is ClCCc1noc2c(Cl)cc(Cl)cc12. The predicted octanol–water partition coefficient (Wildman–Crippen LogP) is 3.92. The first-order chi connectivity index (χ1) is 6.72. The van der Waals surface area contributed by atoms with Crippen molar-refractivity contribution in [3.63, 3.8) is 0 Å². The first kappa shape index (κ1) is 10.1. The lowest BCUT2D eigenvalue weighted by Crippen LogP contribution is -1.85. The van der Waals surface area contributed by atoms with Crippen LogP contribution >= 0.6 is 34.8 Å². The van der Waals surface area contributed by atoms with E-state index in [-0.39, 0.29) is 0 Å². The topological polar surface area (TPSA) is 26.0 Å². The standard InChI is InChI=1S/C9H6Cl3NO/c10-2-1-8-6-3-5(11)4-7(12)9(6)14-13-8/h3-4H,1-2H2. The van der Waals surface area contributed by atoms with Crippen LogP contribution < -0.4 is 0 Å². The Bertz CT molecular complexity index is 466. The van der Waals surface area contributed by atoms with Gasteiger partial charge >= 0.3 is 0 Å². The number of benzene rings is 1. The molecule has 0 aliphatic carbocycles. The minimum Gasteiger partial charge on any atom is -0.354 e. The monoisotopic (exact) mass is 249 g/mol. The molecule has 0 saturated carbocycles. The number of aryl methyl sites for hydroxylation is 1. The zero-order valence-electron chi connectivity index (χ0n) is 7.06. The largest absolute Gasteiger partial charge is 0.354 e. The zero-order valence-corrected chi connectivity index (χ0v) is 9.33. The van der Waals surface area contributed by atoms with E-state index in [0.29, 0.717) is 27.9 Å². The number of nitrogens with zero attached hydrogens (tertiary/aromatic N) is 1. The average Bonchev–Trinajstić information content (AvgIpc) is 2.49. The van der Waals surface area contributed by atoms with Crippen molar-refractivity contribution in [1.82, 2.24) is 5.16 Å². The molecule has 74 valence electrons. The highest BCUT2D eigenvalue weighted by Crippen LogP contribution is 2.30. The maximum absolute atomic E-state index is 5.92. The summed E-state index contributed by atoms with van der Waals surface area (Å²) >= 11 is 17.4. The normalized spacial score (nSPS) is 11.1. The smallest absolute Gasteiger partial charge is 0.185 e. The average molecular weight is 251 g/mol. The Morgan fingerprint density at radius 1 is 1.29 bits per heavy atom. The highest BCUT2D eigenvalue weighted by atomic mass is 35.5. The Kier molecular flexibility index (Phi) is 2.86. The summed E-state index contributed by atoms with van der Waals surface area (Å²) in [5.41, 5.74) is 1.36. The number of rotatable bonds is 2. The van der Waals surface area contributed by atoms with E-state index in [4.69, 9.17) is 39.3 Å². The zero-order chi connectivity index (χ0) is 10.1. The van der Waals surface area contributed by atoms with Crippen LogP contribution in [0.2, 0.25) is 10.0 Å². The number of hydrogen-bond donors (Lipinski definition) is 0. The summed E-state index contributed by atoms with van der Waals surface area (Å²) in [7, 11) is 0. The van der Waals surface area contributed by atoms with Gasteiger partial charge in [0.1, 0.15) is 0 Å². The lowest BCUT2D eigenvalue weighted by Gasteiger charge is -1.94. The molecule has 1 aromatic heterocycles. The van der Waals surface area contributed by atoms with Gasteiger partial charge in [0, 0.05) is 22.7 Å². The first-order valence-electron chi connectivity index (χ1n) is 4.01. The summed E-state index contributed by atoms with van der Waals surface area (Å²) in [4.78, 5) is 0. The Hall–Kier alpha value is -0.440. The fourth-order valence-electron chi connectivity index (χ4n) is 1.29. The van der Waals surface area contributed by atoms with Crippen LogP contribution in [0.3, 0.4) is 0 Å². The van der Waals surface area contributed by atoms with Crippen molar-refractivity contribution in [3.8, 4) is 0 Å². The minimum atomic E-state index is 0.473. The second-order valence-corrected chi connectivity index (χ2v) is 4.05. The number of hydrogen-bond acceptors (Lipinski definition) is 2. The summed E-state index contributed by atoms with van der Waals surface area (Å²) in [5, 5.41) is 5.76. The molecular weight excluding hydrogens is 244 g/mol. The summed E-state index contributed by atoms with van der Waals surface area (Å²) in [5.74, 6) is 0.492. The van der Waals surface area contributed by atoms with Crippen LogP contribution in [0.15, 0.2) is 16.7 Å². The molecule has 5 heteroatoms. The van der Waals surface area contributed by atoms with Gasteiger partial charge in [0.2, 0.25) is 0 Å². The van der Waals surface area contributed by atoms with Crippen LogP contribution in [-0.4, -0.2) is 11.0 Å². The summed E-state index contributed by atoms with van der Waals surface area (Å²) in [6, 6.07) is 3.41. The lowest BCUT2D eigenvalue weighted by atomic mass is 10.2. The van der Waals surface area contributed by atoms with Gasteiger partial charge in [-0.25, -0.2) is 0 Å². The number of halogens is 3. The van der Waals surface area contributed by atoms with E-state index in [1.54, 1.807) is 12.1 Å². The molecule has 0 fully saturated rings. The van der Waals surface area contributed by atoms with Crippen LogP contribution in [-0.2, 0) is 6.42 Å². The molecule has 2 nitrogen and oxygen atoms in total. The van der Waals surface area contributed by atoms with E-state index in [0.717, 1.165) is 11.1 Å². The second-order valence-electron chi connectivity index (χ2n) is 2.83. The molecule has 14 heavy (non-hydrogen) atoms. The number of fused-ring (bicyclic) bond motifs is 1. The molecule has 2 aromatic rings. The molecule has 0 bridgehead atoms. The summed E-state index contributed by atoms with van der Waals surface area (Å²) in [6.45, 7) is 0. The van der Waals surface area contributed by atoms with Crippen molar-refractivity contribution >= 4 is 45.8 Å². The molecule has 0 radical (unpaired) electrons. The van der Waals surface area contributed by atoms with Gasteiger partial charge in [0.15, 0.2) is 5.58 Å². The van der Waals surface area contributed by atoms with Crippen molar-refractivity contribution in [2.24, 2.45) is 0 Å². The van der Waals surface area contributed by atoms with Gasteiger partial charge in [0.05, 0.1) is 10.7 Å². The maximum Gasteiger partial charge on any atom is 0.185 e. The summed E-state index contributed by atoms with van der Waals surface area (Å²) in [6.07, 6.45) is 0.644. The van der Waals surface area contributed by atoms with Crippen LogP contribution in [0.4, 0.5) is 0 Å². The molecule has 1 heterocycles. The Morgan fingerprint density at radius 3 is 2.79 bits per heavy atom. The third-order valence-corrected chi connectivity index (χ3v) is 2.59. The van der Waals surface area contributed by atoms with Crippen LogP contribution in [0.5, 0.6) is 0 Å². The van der Waals surface area contributed by atoms with Crippen molar-refractivity contribution in [1.29, 1.82) is 0 Å². The van der Waals surface area contributed by atoms with Gasteiger partial charge in [-0.1, -0.05) is 28.4 Å². The Balaban J connectivity index is 2.66. The van der Waals surface area contributed by atoms with E-state index < -0.39 is 0 Å². The molecule has 0 saturated heterocycles. The molecule has 2 rings (SSSR count). The minimum absolute atomic E-state index is 0.473. The quantitative estimate of drug-likeness (QED) is 0.755. The maximum atomic E-state index is 5.92. The fraction of sp³-hybridized carbons (Fsp3) is 0.222. The second kappa shape index (κ2) is 3.97. The van der Waals surface area contributed by atoms with Crippen LogP contribution in [0.25, 0.3) is 11.0 Å². The molecule has 0 spiro atoms. The third-order valence-electron chi connectivity index (χ3n) is 1.90. The molecule has 0 aliphatic rings. The highest BCUT2D eigenvalue weighted by molar-refractivity contribution is 6.38. The molecule has 0 atom stereocenters. The van der Waals surface area contributed by atoms with Gasteiger partial charge < -0.3 is 4.52 Å². The van der Waals surface area contributed by atoms with Gasteiger partial charge in [-0.15, -0.1) is 11.6 Å². The number of alkyl halides is 1. The molecule has 0 unspecified atom stereocenters. The van der Waals surface area contributed by atoms with E-state index >= 15 is 0 Å². The highest BCUT2D eigenvalue weighted by Gasteiger charge is 2.11. The molecule has 1 aromatic carbocycles. The molecule has 0 amide bonds. The predicted molar refractivity (Wildman–Crippen MR) is 58.5 cm³/mol. The van der Waals surface area contributed by atoms with Crippen LogP contribution in [0.1, 0.15) is 5.69 Å². The Morgan fingerprint density at radius 2 is 2.07 bits per heavy atom. The number of aromatic nitrogens is 1. The van der Waals surface area contributed by atoms with Crippen molar-refractivity contribution in [3.05, 3.63) is 27.9 Å². The molecule has 0 aliphatic heterocycles. The van der Waals surface area contributed by atoms with Gasteiger partial charge in [-0.05, 0) is 12.1 Å². The molecular formula is C9H6Cl3NO. The van der Waals surface area contributed by atoms with Crippen LogP contribution in [0, 0.1) is 0 Å². The van der Waals surface area contributed by atoms with Gasteiger partial charge in [0.25, 0.3) is 0 Å².